The van der Waals surface area contributed by atoms with Gasteiger partial charge in [-0.1, -0.05) is 0 Å². The minimum absolute atomic E-state index is 0.126. The van der Waals surface area contributed by atoms with Crippen LogP contribution in [-0.2, 0) is 0 Å². The maximum atomic E-state index is 12.7. The number of alkyl halides is 3. The molecule has 0 saturated heterocycles. The Kier molecular flexibility index (Phi) is 6.77. The molecule has 10 heteroatoms. The summed E-state index contributed by atoms with van der Waals surface area (Å²) in [5, 5.41) is 11.7. The van der Waals surface area contributed by atoms with E-state index in [0.29, 0.717) is 5.75 Å². The minimum atomic E-state index is -4.54. The van der Waals surface area contributed by atoms with Crippen molar-refractivity contribution in [1.29, 1.82) is 5.26 Å². The zero-order chi connectivity index (χ0) is 21.6. The Morgan fingerprint density at radius 1 is 1.03 bits per heavy atom. The van der Waals surface area contributed by atoms with Crippen molar-refractivity contribution in [2.45, 2.75) is 6.18 Å². The molecule has 2 aromatic rings. The smallest absolute Gasteiger partial charge is 0.422 e. The van der Waals surface area contributed by atoms with Gasteiger partial charge < -0.3 is 24.3 Å². The van der Waals surface area contributed by atoms with Crippen LogP contribution in [0.2, 0.25) is 0 Å². The maximum absolute atomic E-state index is 12.7. The van der Waals surface area contributed by atoms with Crippen LogP contribution in [0.3, 0.4) is 0 Å². The number of methoxy groups -OCH3 is 3. The molecule has 2 rings (SSSR count). The standard InChI is InChI=1S/C19H17F3N2O5/c1-26-15-7-5-13(16(27-2)17(15)28-3)18(25)24-12-4-6-14(11(8-12)9-23)29-10-19(20,21)22/h4-8H,10H2,1-3H3,(H,24,25). The predicted molar refractivity (Wildman–Crippen MR) is 96.8 cm³/mol. The Bertz CT molecular complexity index is 939. The normalized spacial score (nSPS) is 10.7. The number of anilines is 1. The monoisotopic (exact) mass is 410 g/mol. The predicted octanol–water partition coefficient (Wildman–Crippen LogP) is 3.78. The molecule has 0 bridgehead atoms. The van der Waals surface area contributed by atoms with Crippen LogP contribution in [0.25, 0.3) is 0 Å². The fourth-order valence-corrected chi connectivity index (χ4v) is 2.46. The number of carbonyl (C=O) groups is 1. The number of rotatable bonds is 7. The first-order valence-corrected chi connectivity index (χ1v) is 8.08. The summed E-state index contributed by atoms with van der Waals surface area (Å²) in [6, 6.07) is 8.41. The molecular formula is C19H17F3N2O5. The van der Waals surface area contributed by atoms with Gasteiger partial charge in [0.1, 0.15) is 11.8 Å². The van der Waals surface area contributed by atoms with Crippen molar-refractivity contribution in [1.82, 2.24) is 0 Å². The van der Waals surface area contributed by atoms with E-state index in [1.54, 1.807) is 6.07 Å². The molecule has 0 unspecified atom stereocenters. The highest BCUT2D eigenvalue weighted by atomic mass is 19.4. The van der Waals surface area contributed by atoms with Crippen molar-refractivity contribution < 1.29 is 36.9 Å². The topological polar surface area (TPSA) is 89.8 Å². The van der Waals surface area contributed by atoms with Crippen LogP contribution in [0, 0.1) is 11.3 Å². The zero-order valence-electron chi connectivity index (χ0n) is 15.7. The average Bonchev–Trinajstić information content (AvgIpc) is 2.70. The highest BCUT2D eigenvalue weighted by Crippen LogP contribution is 2.40. The van der Waals surface area contributed by atoms with Crippen molar-refractivity contribution in [3.63, 3.8) is 0 Å². The van der Waals surface area contributed by atoms with Crippen LogP contribution in [0.4, 0.5) is 18.9 Å². The van der Waals surface area contributed by atoms with E-state index in [0.717, 1.165) is 0 Å². The molecule has 0 aliphatic carbocycles. The maximum Gasteiger partial charge on any atom is 0.422 e. The van der Waals surface area contributed by atoms with Gasteiger partial charge in [0, 0.05) is 5.69 Å². The van der Waals surface area contributed by atoms with Crippen LogP contribution < -0.4 is 24.3 Å². The molecule has 7 nitrogen and oxygen atoms in total. The summed E-state index contributed by atoms with van der Waals surface area (Å²) < 4.78 is 57.2. The zero-order valence-corrected chi connectivity index (χ0v) is 15.7. The molecule has 0 atom stereocenters. The molecule has 0 aliphatic rings. The van der Waals surface area contributed by atoms with E-state index < -0.39 is 18.7 Å². The lowest BCUT2D eigenvalue weighted by Crippen LogP contribution is -2.19. The van der Waals surface area contributed by atoms with Crippen LogP contribution >= 0.6 is 0 Å². The number of nitrogens with one attached hydrogen (secondary N) is 1. The number of hydrogen-bond acceptors (Lipinski definition) is 6. The molecule has 0 aromatic heterocycles. The van der Waals surface area contributed by atoms with Gasteiger partial charge >= 0.3 is 6.18 Å². The van der Waals surface area contributed by atoms with E-state index in [-0.39, 0.29) is 34.1 Å². The number of nitrogens with zero attached hydrogens (tertiary/aromatic N) is 1. The summed E-state index contributed by atoms with van der Waals surface area (Å²) in [4.78, 5) is 12.7. The molecule has 154 valence electrons. The second-order valence-electron chi connectivity index (χ2n) is 5.56. The summed E-state index contributed by atoms with van der Waals surface area (Å²) in [5.41, 5.74) is 0.148. The number of halogens is 3. The van der Waals surface area contributed by atoms with E-state index in [1.807, 2.05) is 0 Å². The van der Waals surface area contributed by atoms with Gasteiger partial charge in [0.15, 0.2) is 18.1 Å². The third-order valence-corrected chi connectivity index (χ3v) is 3.70. The molecule has 1 N–H and O–H groups in total. The second kappa shape index (κ2) is 9.05. The van der Waals surface area contributed by atoms with Crippen molar-refractivity contribution >= 4 is 11.6 Å². The molecular weight excluding hydrogens is 393 g/mol. The molecule has 0 radical (unpaired) electrons. The Morgan fingerprint density at radius 2 is 1.69 bits per heavy atom. The SMILES string of the molecule is COc1ccc(C(=O)Nc2ccc(OCC(F)(F)F)c(C#N)c2)c(OC)c1OC. The lowest BCUT2D eigenvalue weighted by molar-refractivity contribution is -0.153. The highest BCUT2D eigenvalue weighted by Gasteiger charge is 2.29. The molecule has 0 spiro atoms. The lowest BCUT2D eigenvalue weighted by atomic mass is 10.1. The second-order valence-corrected chi connectivity index (χ2v) is 5.56. The van der Waals surface area contributed by atoms with Crippen LogP contribution in [-0.4, -0.2) is 40.0 Å². The van der Waals surface area contributed by atoms with Gasteiger partial charge in [0.25, 0.3) is 5.91 Å². The van der Waals surface area contributed by atoms with Gasteiger partial charge in [-0.05, 0) is 30.3 Å². The Morgan fingerprint density at radius 3 is 2.24 bits per heavy atom. The fourth-order valence-electron chi connectivity index (χ4n) is 2.46. The quantitative estimate of drug-likeness (QED) is 0.747. The molecule has 0 aliphatic heterocycles. The van der Waals surface area contributed by atoms with E-state index in [1.165, 1.54) is 51.7 Å². The third kappa shape index (κ3) is 5.22. The molecule has 0 fully saturated rings. The number of benzene rings is 2. The Balaban J connectivity index is 2.28. The minimum Gasteiger partial charge on any atom is -0.493 e. The van der Waals surface area contributed by atoms with Gasteiger partial charge in [0.2, 0.25) is 5.75 Å². The van der Waals surface area contributed by atoms with E-state index in [2.05, 4.69) is 10.1 Å². The number of carbonyl (C=O) groups excluding carboxylic acids is 1. The van der Waals surface area contributed by atoms with Crippen LogP contribution in [0.1, 0.15) is 15.9 Å². The van der Waals surface area contributed by atoms with Crippen LogP contribution in [0.15, 0.2) is 30.3 Å². The van der Waals surface area contributed by atoms with E-state index >= 15 is 0 Å². The first-order valence-electron chi connectivity index (χ1n) is 8.08. The summed E-state index contributed by atoms with van der Waals surface area (Å²) >= 11 is 0. The largest absolute Gasteiger partial charge is 0.493 e. The van der Waals surface area contributed by atoms with Gasteiger partial charge in [-0.2, -0.15) is 18.4 Å². The molecule has 0 heterocycles. The van der Waals surface area contributed by atoms with Gasteiger partial charge in [-0.25, -0.2) is 0 Å². The number of hydrogen-bond donors (Lipinski definition) is 1. The summed E-state index contributed by atoms with van der Waals surface area (Å²) in [7, 11) is 4.18. The molecule has 0 saturated carbocycles. The molecule has 2 aromatic carbocycles. The van der Waals surface area contributed by atoms with Gasteiger partial charge in [-0.3, -0.25) is 4.79 Å². The number of nitriles is 1. The summed E-state index contributed by atoms with van der Waals surface area (Å²) in [6.45, 7) is -1.53. The molecule has 29 heavy (non-hydrogen) atoms. The Hall–Kier alpha value is -3.61. The van der Waals surface area contributed by atoms with Crippen molar-refractivity contribution in [3.8, 4) is 29.1 Å². The van der Waals surface area contributed by atoms with E-state index in [9.17, 15) is 18.0 Å². The first kappa shape index (κ1) is 21.7. The van der Waals surface area contributed by atoms with Crippen molar-refractivity contribution in [3.05, 3.63) is 41.5 Å². The average molecular weight is 410 g/mol. The first-order chi connectivity index (χ1) is 13.7. The van der Waals surface area contributed by atoms with Gasteiger partial charge in [-0.15, -0.1) is 0 Å². The summed E-state index contributed by atoms with van der Waals surface area (Å²) in [5.74, 6) is -0.118. The van der Waals surface area contributed by atoms with Crippen LogP contribution in [0.5, 0.6) is 23.0 Å². The lowest BCUT2D eigenvalue weighted by Gasteiger charge is -2.16. The fraction of sp³-hybridized carbons (Fsp3) is 0.263. The van der Waals surface area contributed by atoms with E-state index in [4.69, 9.17) is 19.5 Å². The van der Waals surface area contributed by atoms with Gasteiger partial charge in [0.05, 0.1) is 32.5 Å². The number of amides is 1. The third-order valence-electron chi connectivity index (χ3n) is 3.70. The number of ether oxygens (including phenoxy) is 4. The molecule has 1 amide bonds. The Labute approximate surface area is 164 Å². The highest BCUT2D eigenvalue weighted by molar-refractivity contribution is 6.07. The summed E-state index contributed by atoms with van der Waals surface area (Å²) in [6.07, 6.45) is -4.54. The van der Waals surface area contributed by atoms with Crippen molar-refractivity contribution in [2.75, 3.05) is 33.3 Å². The van der Waals surface area contributed by atoms with Crippen molar-refractivity contribution in [2.24, 2.45) is 0 Å².